The van der Waals surface area contributed by atoms with Crippen LogP contribution in [0.25, 0.3) is 10.9 Å². The first kappa shape index (κ1) is 9.00. The molecule has 1 heterocycles. The van der Waals surface area contributed by atoms with Gasteiger partial charge in [-0.05, 0) is 11.6 Å². The molecule has 2 nitrogen and oxygen atoms in total. The topological polar surface area (TPSA) is 32.9 Å². The quantitative estimate of drug-likeness (QED) is 0.787. The third-order valence-corrected chi connectivity index (χ3v) is 2.46. The second-order valence-corrected chi connectivity index (χ2v) is 3.43. The van der Waals surface area contributed by atoms with E-state index in [4.69, 9.17) is 0 Å². The maximum absolute atomic E-state index is 11.3. The summed E-state index contributed by atoms with van der Waals surface area (Å²) >= 11 is 0. The first-order valence-corrected chi connectivity index (χ1v) is 4.88. The molecule has 0 bridgehead atoms. The summed E-state index contributed by atoms with van der Waals surface area (Å²) in [5, 5.41) is 1.16. The summed E-state index contributed by atoms with van der Waals surface area (Å²) < 4.78 is 0. The fourth-order valence-electron chi connectivity index (χ4n) is 1.62. The van der Waals surface area contributed by atoms with Crippen LogP contribution in [0.1, 0.15) is 18.9 Å². The molecule has 2 rings (SSSR count). The Morgan fingerprint density at radius 2 is 2.14 bits per heavy atom. The highest BCUT2D eigenvalue weighted by molar-refractivity contribution is 5.89. The minimum Gasteiger partial charge on any atom is -0.361 e. The van der Waals surface area contributed by atoms with Crippen LogP contribution in [-0.2, 0) is 11.2 Å². The minimum absolute atomic E-state index is 0.287. The van der Waals surface area contributed by atoms with Crippen LogP contribution in [0.4, 0.5) is 0 Å². The van der Waals surface area contributed by atoms with E-state index in [-0.39, 0.29) is 5.78 Å². The smallest absolute Gasteiger partial charge is 0.137 e. The molecule has 1 aromatic heterocycles. The lowest BCUT2D eigenvalue weighted by molar-refractivity contribution is -0.118. The predicted octanol–water partition coefficient (Wildman–Crippen LogP) is 2.69. The van der Waals surface area contributed by atoms with E-state index in [1.54, 1.807) is 0 Å². The number of fused-ring (bicyclic) bond motifs is 1. The minimum atomic E-state index is 0.287. The lowest BCUT2D eigenvalue weighted by Gasteiger charge is -1.95. The number of benzene rings is 1. The van der Waals surface area contributed by atoms with Gasteiger partial charge in [0.25, 0.3) is 0 Å². The summed E-state index contributed by atoms with van der Waals surface area (Å²) in [6.07, 6.45) is 3.08. The van der Waals surface area contributed by atoms with E-state index >= 15 is 0 Å². The Labute approximate surface area is 82.9 Å². The highest BCUT2D eigenvalue weighted by atomic mass is 16.1. The SMILES string of the molecule is CCC(=O)Cc1c[nH]c2ccccc12. The molecule has 1 aromatic carbocycles. The van der Waals surface area contributed by atoms with Gasteiger partial charge in [0.15, 0.2) is 0 Å². The Morgan fingerprint density at radius 3 is 2.93 bits per heavy atom. The number of nitrogens with one attached hydrogen (secondary N) is 1. The molecule has 0 fully saturated rings. The van der Waals surface area contributed by atoms with Crippen molar-refractivity contribution < 1.29 is 4.79 Å². The van der Waals surface area contributed by atoms with E-state index in [2.05, 4.69) is 4.98 Å². The molecule has 1 N–H and O–H groups in total. The van der Waals surface area contributed by atoms with Crippen LogP contribution in [0.15, 0.2) is 30.5 Å². The summed E-state index contributed by atoms with van der Waals surface area (Å²) in [4.78, 5) is 14.5. The van der Waals surface area contributed by atoms with Crippen molar-refractivity contribution in [1.82, 2.24) is 4.98 Å². The molecule has 0 atom stereocenters. The number of aromatic amines is 1. The molecule has 0 aliphatic rings. The third kappa shape index (κ3) is 1.55. The maximum Gasteiger partial charge on any atom is 0.137 e. The normalized spacial score (nSPS) is 10.6. The predicted molar refractivity (Wildman–Crippen MR) is 57.3 cm³/mol. The summed E-state index contributed by atoms with van der Waals surface area (Å²) in [6.45, 7) is 1.90. The molecule has 0 aliphatic heterocycles. The van der Waals surface area contributed by atoms with Crippen LogP contribution < -0.4 is 0 Å². The fourth-order valence-corrected chi connectivity index (χ4v) is 1.62. The van der Waals surface area contributed by atoms with E-state index in [0.29, 0.717) is 12.8 Å². The molecule has 14 heavy (non-hydrogen) atoms. The number of rotatable bonds is 3. The van der Waals surface area contributed by atoms with Crippen molar-refractivity contribution in [2.75, 3.05) is 0 Å². The van der Waals surface area contributed by atoms with Gasteiger partial charge in [-0.3, -0.25) is 4.79 Å². The summed E-state index contributed by atoms with van der Waals surface area (Å²) in [5.41, 5.74) is 2.21. The molecule has 0 saturated heterocycles. The zero-order valence-electron chi connectivity index (χ0n) is 8.21. The van der Waals surface area contributed by atoms with Gasteiger partial charge < -0.3 is 4.98 Å². The lowest BCUT2D eigenvalue weighted by atomic mass is 10.1. The first-order chi connectivity index (χ1) is 6.81. The van der Waals surface area contributed by atoms with Crippen LogP contribution in [0, 0.1) is 0 Å². The Morgan fingerprint density at radius 1 is 1.36 bits per heavy atom. The second-order valence-electron chi connectivity index (χ2n) is 3.43. The van der Waals surface area contributed by atoms with Crippen LogP contribution >= 0.6 is 0 Å². The number of Topliss-reactive ketones (excluding diaryl/α,β-unsaturated/α-hetero) is 1. The average molecular weight is 187 g/mol. The molecular weight excluding hydrogens is 174 g/mol. The van der Waals surface area contributed by atoms with E-state index in [1.165, 1.54) is 0 Å². The van der Waals surface area contributed by atoms with Crippen molar-refractivity contribution in [3.8, 4) is 0 Å². The highest BCUT2D eigenvalue weighted by Gasteiger charge is 2.06. The van der Waals surface area contributed by atoms with Crippen LogP contribution in [0.2, 0.25) is 0 Å². The van der Waals surface area contributed by atoms with Gasteiger partial charge in [-0.15, -0.1) is 0 Å². The van der Waals surface area contributed by atoms with Crippen molar-refractivity contribution in [2.45, 2.75) is 19.8 Å². The van der Waals surface area contributed by atoms with Gasteiger partial charge in [0.05, 0.1) is 0 Å². The van der Waals surface area contributed by atoms with Crippen LogP contribution in [0.3, 0.4) is 0 Å². The van der Waals surface area contributed by atoms with Gasteiger partial charge in [0, 0.05) is 29.9 Å². The summed E-state index contributed by atoms with van der Waals surface area (Å²) in [7, 11) is 0. The van der Waals surface area contributed by atoms with Crippen molar-refractivity contribution >= 4 is 16.7 Å². The number of hydrogen-bond donors (Lipinski definition) is 1. The van der Waals surface area contributed by atoms with E-state index in [9.17, 15) is 4.79 Å². The number of carbonyl (C=O) groups is 1. The Kier molecular flexibility index (Phi) is 2.35. The van der Waals surface area contributed by atoms with Crippen molar-refractivity contribution in [3.63, 3.8) is 0 Å². The molecule has 0 radical (unpaired) electrons. The van der Waals surface area contributed by atoms with Crippen LogP contribution in [-0.4, -0.2) is 10.8 Å². The average Bonchev–Trinajstić information content (AvgIpc) is 2.62. The first-order valence-electron chi connectivity index (χ1n) is 4.88. The number of ketones is 1. The number of carbonyl (C=O) groups excluding carboxylic acids is 1. The van der Waals surface area contributed by atoms with E-state index < -0.39 is 0 Å². The molecule has 0 spiro atoms. The second kappa shape index (κ2) is 3.66. The van der Waals surface area contributed by atoms with Crippen LogP contribution in [0.5, 0.6) is 0 Å². The molecule has 0 amide bonds. The lowest BCUT2D eigenvalue weighted by Crippen LogP contribution is -1.99. The number of hydrogen-bond acceptors (Lipinski definition) is 1. The Balaban J connectivity index is 2.38. The Bertz CT molecular complexity index is 456. The monoisotopic (exact) mass is 187 g/mol. The molecule has 2 heteroatoms. The largest absolute Gasteiger partial charge is 0.361 e. The van der Waals surface area contributed by atoms with Crippen molar-refractivity contribution in [1.29, 1.82) is 0 Å². The number of H-pyrrole nitrogens is 1. The molecule has 72 valence electrons. The van der Waals surface area contributed by atoms with Crippen molar-refractivity contribution in [2.24, 2.45) is 0 Å². The van der Waals surface area contributed by atoms with Gasteiger partial charge in [-0.1, -0.05) is 25.1 Å². The Hall–Kier alpha value is -1.57. The van der Waals surface area contributed by atoms with E-state index in [1.807, 2.05) is 37.4 Å². The molecule has 0 unspecified atom stereocenters. The zero-order valence-corrected chi connectivity index (χ0v) is 8.21. The van der Waals surface area contributed by atoms with E-state index in [0.717, 1.165) is 16.5 Å². The molecule has 0 aliphatic carbocycles. The number of aromatic nitrogens is 1. The van der Waals surface area contributed by atoms with Crippen molar-refractivity contribution in [3.05, 3.63) is 36.0 Å². The van der Waals surface area contributed by atoms with Gasteiger partial charge in [-0.25, -0.2) is 0 Å². The molecular formula is C12H13NO. The maximum atomic E-state index is 11.3. The summed E-state index contributed by atoms with van der Waals surface area (Å²) in [6, 6.07) is 8.06. The van der Waals surface area contributed by atoms with Gasteiger partial charge in [0.2, 0.25) is 0 Å². The van der Waals surface area contributed by atoms with Gasteiger partial charge in [-0.2, -0.15) is 0 Å². The fraction of sp³-hybridized carbons (Fsp3) is 0.250. The van der Waals surface area contributed by atoms with Gasteiger partial charge in [0.1, 0.15) is 5.78 Å². The molecule has 2 aromatic rings. The third-order valence-electron chi connectivity index (χ3n) is 2.46. The summed E-state index contributed by atoms with van der Waals surface area (Å²) in [5.74, 6) is 0.287. The highest BCUT2D eigenvalue weighted by Crippen LogP contribution is 2.18. The standard InChI is InChI=1S/C12H13NO/c1-2-10(14)7-9-8-13-12-6-4-3-5-11(9)12/h3-6,8,13H,2,7H2,1H3. The van der Waals surface area contributed by atoms with Gasteiger partial charge >= 0.3 is 0 Å². The number of para-hydroxylation sites is 1. The zero-order chi connectivity index (χ0) is 9.97. The molecule has 0 saturated carbocycles.